The molecule has 2 N–H and O–H groups in total. The second-order valence-electron chi connectivity index (χ2n) is 10.6. The lowest BCUT2D eigenvalue weighted by Crippen LogP contribution is -2.46. The largest absolute Gasteiger partial charge is 0.508 e. The molecule has 2 saturated heterocycles. The van der Waals surface area contributed by atoms with Gasteiger partial charge in [-0.2, -0.15) is 5.10 Å². The zero-order valence-electron chi connectivity index (χ0n) is 20.5. The Balaban J connectivity index is 1.59. The molecule has 1 aromatic heterocycles. The number of aromatic nitrogens is 2. The maximum Gasteiger partial charge on any atom is 0.407 e. The number of phenols is 1. The van der Waals surface area contributed by atoms with E-state index in [1.807, 2.05) is 23.0 Å². The standard InChI is InChI=1S/C27H33N3O4S/c1-27(2,3)25-22(11-12-29(25)26(32)33)35-23-15-18(17-7-9-19(31)10-8-17)14-21-20(23)16-28-30(21)24-6-4-5-13-34-24/h7-10,14-16,22,24-25,31H,4-6,11-13H2,1-3H3,(H,32,33)/t22-,24?,25?/m0/s1. The molecule has 35 heavy (non-hydrogen) atoms. The highest BCUT2D eigenvalue weighted by molar-refractivity contribution is 8.00. The molecule has 8 heteroatoms. The monoisotopic (exact) mass is 495 g/mol. The van der Waals surface area contributed by atoms with Gasteiger partial charge in [0, 0.05) is 28.7 Å². The van der Waals surface area contributed by atoms with E-state index in [2.05, 4.69) is 32.9 Å². The first-order valence-electron chi connectivity index (χ1n) is 12.3. The second kappa shape index (κ2) is 9.39. The number of amides is 1. The average Bonchev–Trinajstić information content (AvgIpc) is 3.45. The number of aromatic hydroxyl groups is 1. The molecule has 0 bridgehead atoms. The van der Waals surface area contributed by atoms with Gasteiger partial charge in [-0.1, -0.05) is 32.9 Å². The molecular formula is C27H33N3O4S. The van der Waals surface area contributed by atoms with Crippen molar-refractivity contribution < 1.29 is 19.7 Å². The summed E-state index contributed by atoms with van der Waals surface area (Å²) in [5.41, 5.74) is 2.89. The van der Waals surface area contributed by atoms with E-state index in [9.17, 15) is 15.0 Å². The van der Waals surface area contributed by atoms with Crippen molar-refractivity contribution >= 4 is 28.8 Å². The van der Waals surface area contributed by atoms with Crippen molar-refractivity contribution in [1.29, 1.82) is 0 Å². The number of hydrogen-bond donors (Lipinski definition) is 2. The van der Waals surface area contributed by atoms with Gasteiger partial charge in [-0.05, 0) is 66.5 Å². The lowest BCUT2D eigenvalue weighted by Gasteiger charge is -2.36. The van der Waals surface area contributed by atoms with E-state index in [0.29, 0.717) is 6.54 Å². The molecule has 3 heterocycles. The van der Waals surface area contributed by atoms with Gasteiger partial charge in [-0.15, -0.1) is 11.8 Å². The van der Waals surface area contributed by atoms with E-state index in [4.69, 9.17) is 9.84 Å². The van der Waals surface area contributed by atoms with Gasteiger partial charge in [0.25, 0.3) is 0 Å². The number of thioether (sulfide) groups is 1. The van der Waals surface area contributed by atoms with Crippen LogP contribution in [-0.4, -0.2) is 55.4 Å². The molecule has 0 spiro atoms. The maximum atomic E-state index is 12.0. The molecule has 0 aliphatic carbocycles. The number of carbonyl (C=O) groups is 1. The van der Waals surface area contributed by atoms with Crippen LogP contribution < -0.4 is 0 Å². The minimum atomic E-state index is -0.849. The van der Waals surface area contributed by atoms with Crippen LogP contribution in [0.5, 0.6) is 5.75 Å². The molecule has 3 aromatic rings. The van der Waals surface area contributed by atoms with Gasteiger partial charge < -0.3 is 19.8 Å². The first kappa shape index (κ1) is 24.0. The zero-order valence-corrected chi connectivity index (χ0v) is 21.3. The summed E-state index contributed by atoms with van der Waals surface area (Å²) in [5.74, 6) is 0.234. The molecule has 186 valence electrons. The molecule has 7 nitrogen and oxygen atoms in total. The van der Waals surface area contributed by atoms with Crippen LogP contribution in [0.2, 0.25) is 0 Å². The molecule has 2 fully saturated rings. The van der Waals surface area contributed by atoms with Crippen LogP contribution in [0, 0.1) is 5.41 Å². The number of carboxylic acid groups (broad SMARTS) is 1. The lowest BCUT2D eigenvalue weighted by molar-refractivity contribution is -0.0366. The topological polar surface area (TPSA) is 87.8 Å². The molecule has 2 aromatic carbocycles. The molecule has 2 aliphatic heterocycles. The van der Waals surface area contributed by atoms with Crippen molar-refractivity contribution in [2.24, 2.45) is 5.41 Å². The van der Waals surface area contributed by atoms with Crippen molar-refractivity contribution in [1.82, 2.24) is 14.7 Å². The summed E-state index contributed by atoms with van der Waals surface area (Å²) in [5, 5.41) is 25.6. The van der Waals surface area contributed by atoms with Crippen molar-refractivity contribution in [3.8, 4) is 16.9 Å². The van der Waals surface area contributed by atoms with E-state index >= 15 is 0 Å². The summed E-state index contributed by atoms with van der Waals surface area (Å²) in [6, 6.07) is 11.5. The van der Waals surface area contributed by atoms with Gasteiger partial charge >= 0.3 is 6.09 Å². The van der Waals surface area contributed by atoms with Gasteiger partial charge in [0.2, 0.25) is 0 Å². The first-order chi connectivity index (χ1) is 16.7. The highest BCUT2D eigenvalue weighted by Gasteiger charge is 2.44. The van der Waals surface area contributed by atoms with Gasteiger partial charge in [-0.3, -0.25) is 0 Å². The normalized spacial score (nSPS) is 23.2. The Morgan fingerprint density at radius 2 is 1.89 bits per heavy atom. The van der Waals surface area contributed by atoms with Crippen molar-refractivity contribution in [2.45, 2.75) is 68.9 Å². The summed E-state index contributed by atoms with van der Waals surface area (Å²) in [6.45, 7) is 7.64. The minimum absolute atomic E-state index is 0.0783. The lowest BCUT2D eigenvalue weighted by atomic mass is 9.85. The Morgan fingerprint density at radius 1 is 1.11 bits per heavy atom. The Labute approximate surface area is 210 Å². The van der Waals surface area contributed by atoms with Crippen LogP contribution in [0.25, 0.3) is 22.0 Å². The SMILES string of the molecule is CC(C)(C)C1[C@@H](Sc2cc(-c3ccc(O)cc3)cc3c2cnn3C2CCCCO2)CCN1C(=O)O. The molecule has 0 radical (unpaired) electrons. The number of hydrogen-bond acceptors (Lipinski definition) is 5. The van der Waals surface area contributed by atoms with Crippen LogP contribution in [0.15, 0.2) is 47.5 Å². The highest BCUT2D eigenvalue weighted by Crippen LogP contribution is 2.45. The number of likely N-dealkylation sites (tertiary alicyclic amines) is 1. The van der Waals surface area contributed by atoms with Gasteiger partial charge in [0.1, 0.15) is 5.75 Å². The van der Waals surface area contributed by atoms with Gasteiger partial charge in [0.05, 0.1) is 17.8 Å². The second-order valence-corrected chi connectivity index (χ2v) is 11.9. The van der Waals surface area contributed by atoms with Crippen LogP contribution in [0.1, 0.15) is 52.7 Å². The Bertz CT molecular complexity index is 1210. The highest BCUT2D eigenvalue weighted by atomic mass is 32.2. The van der Waals surface area contributed by atoms with E-state index in [0.717, 1.165) is 59.2 Å². The molecule has 5 rings (SSSR count). The number of nitrogens with zero attached hydrogens (tertiary/aromatic N) is 3. The van der Waals surface area contributed by atoms with Crippen molar-refractivity contribution in [3.63, 3.8) is 0 Å². The van der Waals surface area contributed by atoms with Gasteiger partial charge in [-0.25, -0.2) is 9.48 Å². The first-order valence-corrected chi connectivity index (χ1v) is 13.2. The summed E-state index contributed by atoms with van der Waals surface area (Å²) in [4.78, 5) is 14.7. The fourth-order valence-electron chi connectivity index (χ4n) is 5.47. The third kappa shape index (κ3) is 4.74. The molecule has 2 aliphatic rings. The fraction of sp³-hybridized carbons (Fsp3) is 0.481. The number of phenolic OH excluding ortho intramolecular Hbond substituents is 1. The van der Waals surface area contributed by atoms with E-state index in [-0.39, 0.29) is 28.7 Å². The van der Waals surface area contributed by atoms with Crippen LogP contribution in [0.3, 0.4) is 0 Å². The number of ether oxygens (including phenoxy) is 1. The third-order valence-electron chi connectivity index (χ3n) is 7.06. The van der Waals surface area contributed by atoms with E-state index < -0.39 is 6.09 Å². The summed E-state index contributed by atoms with van der Waals surface area (Å²) >= 11 is 1.76. The van der Waals surface area contributed by atoms with E-state index in [1.54, 1.807) is 28.8 Å². The fourth-order valence-corrected chi connectivity index (χ4v) is 7.18. The predicted molar refractivity (Wildman–Crippen MR) is 138 cm³/mol. The molecule has 1 amide bonds. The molecule has 3 atom stereocenters. The van der Waals surface area contributed by atoms with Crippen LogP contribution in [0.4, 0.5) is 4.79 Å². The van der Waals surface area contributed by atoms with Gasteiger partial charge in [0.15, 0.2) is 6.23 Å². The van der Waals surface area contributed by atoms with Crippen LogP contribution in [-0.2, 0) is 4.74 Å². The Kier molecular flexibility index (Phi) is 6.44. The summed E-state index contributed by atoms with van der Waals surface area (Å²) in [6.07, 6.45) is 4.93. The molecule has 0 saturated carbocycles. The number of rotatable bonds is 4. The number of benzene rings is 2. The third-order valence-corrected chi connectivity index (χ3v) is 8.45. The smallest absolute Gasteiger partial charge is 0.407 e. The zero-order chi connectivity index (χ0) is 24.7. The molecule has 2 unspecified atom stereocenters. The van der Waals surface area contributed by atoms with Crippen molar-refractivity contribution in [3.05, 3.63) is 42.6 Å². The maximum absolute atomic E-state index is 12.0. The minimum Gasteiger partial charge on any atom is -0.508 e. The Hall–Kier alpha value is -2.71. The van der Waals surface area contributed by atoms with Crippen LogP contribution >= 0.6 is 11.8 Å². The quantitative estimate of drug-likeness (QED) is 0.437. The summed E-state index contributed by atoms with van der Waals surface area (Å²) < 4.78 is 8.06. The summed E-state index contributed by atoms with van der Waals surface area (Å²) in [7, 11) is 0. The Morgan fingerprint density at radius 3 is 2.54 bits per heavy atom. The molecular weight excluding hydrogens is 462 g/mol. The number of fused-ring (bicyclic) bond motifs is 1. The van der Waals surface area contributed by atoms with Crippen molar-refractivity contribution in [2.75, 3.05) is 13.2 Å². The van der Waals surface area contributed by atoms with E-state index in [1.165, 1.54) is 0 Å². The predicted octanol–water partition coefficient (Wildman–Crippen LogP) is 6.37. The average molecular weight is 496 g/mol.